The molecule has 0 unspecified atom stereocenters. The highest BCUT2D eigenvalue weighted by Gasteiger charge is 2.16. The highest BCUT2D eigenvalue weighted by Crippen LogP contribution is 2.33. The summed E-state index contributed by atoms with van der Waals surface area (Å²) in [7, 11) is 0. The second-order valence-electron chi connectivity index (χ2n) is 4.76. The summed E-state index contributed by atoms with van der Waals surface area (Å²) in [6.07, 6.45) is 4.03. The Balaban J connectivity index is 1.71. The van der Waals surface area contributed by atoms with Crippen molar-refractivity contribution in [3.63, 3.8) is 0 Å². The summed E-state index contributed by atoms with van der Waals surface area (Å²) in [5, 5.41) is 6.92. The topological polar surface area (TPSA) is 102 Å². The average Bonchev–Trinajstić information content (AvgIpc) is 2.87. The number of nitrogens with one attached hydrogen (secondary N) is 2. The SMILES string of the molecule is Cc1cccc(NC(=O)Oc2nc(C)sc2Nc2cnccn2)n1. The van der Waals surface area contributed by atoms with E-state index in [2.05, 4.69) is 30.6 Å². The summed E-state index contributed by atoms with van der Waals surface area (Å²) in [6, 6.07) is 5.31. The molecule has 1 amide bonds. The van der Waals surface area contributed by atoms with Crippen molar-refractivity contribution in [1.29, 1.82) is 0 Å². The fraction of sp³-hybridized carbons (Fsp3) is 0.133. The maximum atomic E-state index is 12.0. The fourth-order valence-electron chi connectivity index (χ4n) is 1.87. The lowest BCUT2D eigenvalue weighted by Crippen LogP contribution is -2.18. The molecule has 0 atom stereocenters. The van der Waals surface area contributed by atoms with Gasteiger partial charge in [0, 0.05) is 18.1 Å². The van der Waals surface area contributed by atoms with E-state index < -0.39 is 6.09 Å². The Labute approximate surface area is 142 Å². The minimum absolute atomic E-state index is 0.174. The predicted molar refractivity (Wildman–Crippen MR) is 90.8 cm³/mol. The first kappa shape index (κ1) is 15.8. The number of carbonyl (C=O) groups is 1. The Bertz CT molecular complexity index is 852. The van der Waals surface area contributed by atoms with E-state index in [1.807, 2.05) is 19.9 Å². The third-order valence-corrected chi connectivity index (χ3v) is 3.68. The largest absolute Gasteiger partial charge is 0.419 e. The van der Waals surface area contributed by atoms with Gasteiger partial charge in [0.25, 0.3) is 5.88 Å². The fourth-order valence-corrected chi connectivity index (χ4v) is 2.62. The highest BCUT2D eigenvalue weighted by atomic mass is 32.1. The number of thiazole rings is 1. The van der Waals surface area contributed by atoms with Crippen LogP contribution in [-0.4, -0.2) is 26.0 Å². The molecule has 0 saturated carbocycles. The van der Waals surface area contributed by atoms with Crippen molar-refractivity contribution in [1.82, 2.24) is 19.9 Å². The molecule has 0 aliphatic heterocycles. The van der Waals surface area contributed by atoms with Crippen LogP contribution in [0, 0.1) is 13.8 Å². The molecule has 3 heterocycles. The summed E-state index contributed by atoms with van der Waals surface area (Å²) >= 11 is 1.35. The van der Waals surface area contributed by atoms with Crippen LogP contribution in [0.4, 0.5) is 21.4 Å². The number of amides is 1. The van der Waals surface area contributed by atoms with Gasteiger partial charge in [-0.25, -0.2) is 19.7 Å². The van der Waals surface area contributed by atoms with E-state index in [1.54, 1.807) is 30.7 Å². The Kier molecular flexibility index (Phi) is 4.62. The predicted octanol–water partition coefficient (Wildman–Crippen LogP) is 3.30. The zero-order valence-electron chi connectivity index (χ0n) is 13.0. The number of hydrogen-bond donors (Lipinski definition) is 2. The van der Waals surface area contributed by atoms with Crippen molar-refractivity contribution in [2.24, 2.45) is 0 Å². The molecule has 0 fully saturated rings. The van der Waals surface area contributed by atoms with Gasteiger partial charge in [-0.15, -0.1) is 0 Å². The van der Waals surface area contributed by atoms with E-state index in [4.69, 9.17) is 4.74 Å². The third-order valence-electron chi connectivity index (χ3n) is 2.82. The number of rotatable bonds is 4. The van der Waals surface area contributed by atoms with Crippen molar-refractivity contribution in [3.05, 3.63) is 47.5 Å². The summed E-state index contributed by atoms with van der Waals surface area (Å²) in [5.74, 6) is 1.12. The number of ether oxygens (including phenoxy) is 1. The first-order chi connectivity index (χ1) is 11.6. The van der Waals surface area contributed by atoms with Gasteiger partial charge < -0.3 is 10.1 Å². The number of pyridine rings is 1. The second-order valence-corrected chi connectivity index (χ2v) is 5.96. The molecule has 2 N–H and O–H groups in total. The number of carbonyl (C=O) groups excluding carboxylic acids is 1. The lowest BCUT2D eigenvalue weighted by atomic mass is 10.4. The number of aryl methyl sites for hydroxylation is 2. The minimum Gasteiger partial charge on any atom is -0.388 e. The van der Waals surface area contributed by atoms with Crippen LogP contribution in [0.25, 0.3) is 0 Å². The third kappa shape index (κ3) is 4.02. The molecule has 3 aromatic heterocycles. The molecule has 3 aromatic rings. The molecule has 0 aliphatic rings. The molecule has 0 radical (unpaired) electrons. The molecule has 0 bridgehead atoms. The maximum Gasteiger partial charge on any atom is 0.419 e. The van der Waals surface area contributed by atoms with Crippen molar-refractivity contribution in [3.8, 4) is 5.88 Å². The molecule has 122 valence electrons. The molecule has 8 nitrogen and oxygen atoms in total. The Morgan fingerprint density at radius 3 is 2.79 bits per heavy atom. The molecule has 0 spiro atoms. The van der Waals surface area contributed by atoms with Gasteiger partial charge in [0.05, 0.1) is 11.2 Å². The molecule has 0 aromatic carbocycles. The first-order valence-corrected chi connectivity index (χ1v) is 7.85. The normalized spacial score (nSPS) is 10.2. The van der Waals surface area contributed by atoms with Crippen molar-refractivity contribution >= 4 is 34.1 Å². The van der Waals surface area contributed by atoms with E-state index in [-0.39, 0.29) is 5.88 Å². The zero-order valence-corrected chi connectivity index (χ0v) is 13.8. The molecule has 3 rings (SSSR count). The lowest BCUT2D eigenvalue weighted by molar-refractivity contribution is 0.213. The van der Waals surface area contributed by atoms with Crippen LogP contribution in [0.1, 0.15) is 10.7 Å². The Morgan fingerprint density at radius 2 is 2.04 bits per heavy atom. The highest BCUT2D eigenvalue weighted by molar-refractivity contribution is 7.16. The maximum absolute atomic E-state index is 12.0. The molecule has 9 heteroatoms. The number of hydrogen-bond acceptors (Lipinski definition) is 8. The monoisotopic (exact) mass is 342 g/mol. The standard InChI is InChI=1S/C15H14N6O2S/c1-9-4-3-5-11(18-9)21-15(22)23-13-14(24-10(2)19-13)20-12-8-16-6-7-17-12/h3-8H,1-2H3,(H,17,20)(H,18,21,22). The molecular formula is C15H14N6O2S. The molecule has 0 aliphatic carbocycles. The van der Waals surface area contributed by atoms with E-state index in [0.29, 0.717) is 16.6 Å². The minimum atomic E-state index is -0.666. The van der Waals surface area contributed by atoms with Gasteiger partial charge in [0.15, 0.2) is 5.00 Å². The smallest absolute Gasteiger partial charge is 0.388 e. The zero-order chi connectivity index (χ0) is 16.9. The van der Waals surface area contributed by atoms with Crippen LogP contribution in [0.3, 0.4) is 0 Å². The van der Waals surface area contributed by atoms with Crippen LogP contribution in [0.15, 0.2) is 36.8 Å². The van der Waals surface area contributed by atoms with E-state index >= 15 is 0 Å². The van der Waals surface area contributed by atoms with Crippen molar-refractivity contribution < 1.29 is 9.53 Å². The summed E-state index contributed by atoms with van der Waals surface area (Å²) in [6.45, 7) is 3.66. The van der Waals surface area contributed by atoms with Gasteiger partial charge in [-0.05, 0) is 26.0 Å². The van der Waals surface area contributed by atoms with Gasteiger partial charge in [0.2, 0.25) is 0 Å². The summed E-state index contributed by atoms with van der Waals surface area (Å²) in [4.78, 5) is 28.5. The summed E-state index contributed by atoms with van der Waals surface area (Å²) in [5.41, 5.74) is 0.794. The van der Waals surface area contributed by atoms with Crippen LogP contribution < -0.4 is 15.4 Å². The van der Waals surface area contributed by atoms with Gasteiger partial charge in [-0.2, -0.15) is 0 Å². The van der Waals surface area contributed by atoms with Crippen molar-refractivity contribution in [2.75, 3.05) is 10.6 Å². The Hall–Kier alpha value is -3.07. The van der Waals surface area contributed by atoms with E-state index in [1.165, 1.54) is 11.3 Å². The molecule has 0 saturated heterocycles. The van der Waals surface area contributed by atoms with Crippen LogP contribution in [0.2, 0.25) is 0 Å². The van der Waals surface area contributed by atoms with Gasteiger partial charge in [-0.1, -0.05) is 17.4 Å². The second kappa shape index (κ2) is 7.01. The van der Waals surface area contributed by atoms with Crippen LogP contribution in [-0.2, 0) is 0 Å². The number of nitrogens with zero attached hydrogens (tertiary/aromatic N) is 4. The number of anilines is 3. The first-order valence-electron chi connectivity index (χ1n) is 7.03. The van der Waals surface area contributed by atoms with E-state index in [0.717, 1.165) is 10.7 Å². The molecule has 24 heavy (non-hydrogen) atoms. The van der Waals surface area contributed by atoms with Crippen LogP contribution >= 0.6 is 11.3 Å². The average molecular weight is 342 g/mol. The van der Waals surface area contributed by atoms with E-state index in [9.17, 15) is 4.79 Å². The molecular weight excluding hydrogens is 328 g/mol. The van der Waals surface area contributed by atoms with Gasteiger partial charge in [-0.3, -0.25) is 10.3 Å². The quantitative estimate of drug-likeness (QED) is 0.750. The van der Waals surface area contributed by atoms with Gasteiger partial charge in [0.1, 0.15) is 11.6 Å². The summed E-state index contributed by atoms with van der Waals surface area (Å²) < 4.78 is 5.28. The lowest BCUT2D eigenvalue weighted by Gasteiger charge is -2.07. The van der Waals surface area contributed by atoms with Gasteiger partial charge >= 0.3 is 6.09 Å². The number of aromatic nitrogens is 4. The van der Waals surface area contributed by atoms with Crippen LogP contribution in [0.5, 0.6) is 5.88 Å². The van der Waals surface area contributed by atoms with Crippen molar-refractivity contribution in [2.45, 2.75) is 13.8 Å². The Morgan fingerprint density at radius 1 is 1.17 bits per heavy atom.